The van der Waals surface area contributed by atoms with Gasteiger partial charge in [0.25, 0.3) is 0 Å². The lowest BCUT2D eigenvalue weighted by molar-refractivity contribution is -0.131. The average molecular weight is 613 g/mol. The molecule has 0 amide bonds. The van der Waals surface area contributed by atoms with Crippen LogP contribution in [0.3, 0.4) is 0 Å². The molecule has 4 rings (SSSR count). The number of phenolic OH excluding ortho intramolecular Hbond substituents is 1. The summed E-state index contributed by atoms with van der Waals surface area (Å²) in [6, 6.07) is 34.2. The van der Waals surface area contributed by atoms with E-state index >= 15 is 0 Å². The standard InChI is InChI=1S/C38H44O5S/c1-5-30(32-15-21-37(22-16-32)43-29(4)41-23-24-44-38-9-7-6-8-10-38)26-34(33-11-17-35(40)18-12-33)25-27(2)31-13-19-36(20-14-31)42-28(3)39/h6-22,27,29-30,34,40H,5,23-26H2,1-4H3. The van der Waals surface area contributed by atoms with Crippen LogP contribution in [0.4, 0.5) is 0 Å². The molecule has 0 aliphatic heterocycles. The van der Waals surface area contributed by atoms with E-state index in [2.05, 4.69) is 38.1 Å². The predicted molar refractivity (Wildman–Crippen MR) is 179 cm³/mol. The highest BCUT2D eigenvalue weighted by Gasteiger charge is 2.22. The second kappa shape index (κ2) is 16.9. The van der Waals surface area contributed by atoms with Crippen molar-refractivity contribution in [3.63, 3.8) is 0 Å². The van der Waals surface area contributed by atoms with Crippen LogP contribution >= 0.6 is 11.8 Å². The zero-order valence-corrected chi connectivity index (χ0v) is 27.0. The summed E-state index contributed by atoms with van der Waals surface area (Å²) in [7, 11) is 0. The predicted octanol–water partition coefficient (Wildman–Crippen LogP) is 9.71. The van der Waals surface area contributed by atoms with E-state index in [4.69, 9.17) is 14.2 Å². The molecule has 0 radical (unpaired) electrons. The summed E-state index contributed by atoms with van der Waals surface area (Å²) in [6.07, 6.45) is 2.62. The van der Waals surface area contributed by atoms with E-state index in [-0.39, 0.29) is 18.0 Å². The first-order chi connectivity index (χ1) is 21.3. The third-order valence-corrected chi connectivity index (χ3v) is 8.85. The van der Waals surface area contributed by atoms with Gasteiger partial charge in [-0.2, -0.15) is 0 Å². The van der Waals surface area contributed by atoms with Gasteiger partial charge in [0.15, 0.2) is 6.29 Å². The van der Waals surface area contributed by atoms with Gasteiger partial charge in [0.2, 0.25) is 0 Å². The third kappa shape index (κ3) is 10.5. The Labute approximate surface area is 266 Å². The van der Waals surface area contributed by atoms with Crippen LogP contribution in [-0.4, -0.2) is 29.7 Å². The van der Waals surface area contributed by atoms with E-state index in [0.717, 1.165) is 30.8 Å². The van der Waals surface area contributed by atoms with Crippen molar-refractivity contribution in [2.24, 2.45) is 0 Å². The van der Waals surface area contributed by atoms with Gasteiger partial charge < -0.3 is 19.3 Å². The van der Waals surface area contributed by atoms with Crippen molar-refractivity contribution in [3.05, 3.63) is 120 Å². The molecule has 4 atom stereocenters. The third-order valence-electron chi connectivity index (χ3n) is 7.88. The molecule has 4 aromatic rings. The summed E-state index contributed by atoms with van der Waals surface area (Å²) in [4.78, 5) is 12.5. The summed E-state index contributed by atoms with van der Waals surface area (Å²) in [5, 5.41) is 9.93. The Kier molecular flexibility index (Phi) is 12.8. The van der Waals surface area contributed by atoms with Gasteiger partial charge in [0.1, 0.15) is 17.2 Å². The van der Waals surface area contributed by atoms with Gasteiger partial charge in [0.05, 0.1) is 6.61 Å². The van der Waals surface area contributed by atoms with Crippen LogP contribution in [0.25, 0.3) is 0 Å². The number of benzene rings is 4. The number of esters is 1. The molecule has 0 fully saturated rings. The molecule has 0 spiro atoms. The van der Waals surface area contributed by atoms with Crippen LogP contribution in [-0.2, 0) is 9.53 Å². The van der Waals surface area contributed by atoms with Crippen molar-refractivity contribution in [2.75, 3.05) is 12.4 Å². The van der Waals surface area contributed by atoms with E-state index in [9.17, 15) is 9.90 Å². The maximum atomic E-state index is 11.3. The number of rotatable bonds is 16. The number of aromatic hydroxyl groups is 1. The first kappa shape index (κ1) is 33.2. The van der Waals surface area contributed by atoms with Crippen molar-refractivity contribution in [1.29, 1.82) is 0 Å². The summed E-state index contributed by atoms with van der Waals surface area (Å²) < 4.78 is 17.1. The van der Waals surface area contributed by atoms with Crippen molar-refractivity contribution in [3.8, 4) is 17.2 Å². The van der Waals surface area contributed by atoms with Crippen LogP contribution in [0.15, 0.2) is 108 Å². The molecule has 4 aromatic carbocycles. The smallest absolute Gasteiger partial charge is 0.308 e. The van der Waals surface area contributed by atoms with Crippen LogP contribution in [0.5, 0.6) is 17.2 Å². The SMILES string of the molecule is CCC(CC(CC(C)c1ccc(OC(C)=O)cc1)c1ccc(O)cc1)c1ccc(OC(C)OCCSc2ccccc2)cc1. The minimum atomic E-state index is -0.331. The quantitative estimate of drug-likeness (QED) is 0.0447. The van der Waals surface area contributed by atoms with E-state index in [0.29, 0.717) is 30.1 Å². The molecule has 0 aliphatic carbocycles. The lowest BCUT2D eigenvalue weighted by Gasteiger charge is -2.27. The van der Waals surface area contributed by atoms with Crippen LogP contribution in [0.1, 0.15) is 81.4 Å². The zero-order chi connectivity index (χ0) is 31.3. The van der Waals surface area contributed by atoms with E-state index < -0.39 is 0 Å². The highest BCUT2D eigenvalue weighted by molar-refractivity contribution is 7.99. The fourth-order valence-electron chi connectivity index (χ4n) is 5.52. The molecule has 5 nitrogen and oxygen atoms in total. The number of carbonyl (C=O) groups is 1. The molecule has 0 saturated heterocycles. The Balaban J connectivity index is 1.37. The van der Waals surface area contributed by atoms with Crippen LogP contribution in [0.2, 0.25) is 0 Å². The molecule has 0 aliphatic rings. The molecule has 0 heterocycles. The zero-order valence-electron chi connectivity index (χ0n) is 26.1. The highest BCUT2D eigenvalue weighted by atomic mass is 32.2. The van der Waals surface area contributed by atoms with Gasteiger partial charge in [-0.3, -0.25) is 4.79 Å². The minimum Gasteiger partial charge on any atom is -0.508 e. The molecule has 0 aromatic heterocycles. The van der Waals surface area contributed by atoms with Gasteiger partial charge in [-0.05, 0) is 109 Å². The van der Waals surface area contributed by atoms with Gasteiger partial charge in [0, 0.05) is 17.6 Å². The van der Waals surface area contributed by atoms with E-state index in [1.807, 2.05) is 73.7 Å². The first-order valence-electron chi connectivity index (χ1n) is 15.4. The van der Waals surface area contributed by atoms with Crippen molar-refractivity contribution >= 4 is 17.7 Å². The van der Waals surface area contributed by atoms with E-state index in [1.54, 1.807) is 23.9 Å². The largest absolute Gasteiger partial charge is 0.508 e. The maximum Gasteiger partial charge on any atom is 0.308 e. The maximum absolute atomic E-state index is 11.3. The Morgan fingerprint density at radius 1 is 0.750 bits per heavy atom. The van der Waals surface area contributed by atoms with Crippen LogP contribution in [0, 0.1) is 0 Å². The highest BCUT2D eigenvalue weighted by Crippen LogP contribution is 2.39. The second-order valence-electron chi connectivity index (χ2n) is 11.2. The number of ether oxygens (including phenoxy) is 3. The van der Waals surface area contributed by atoms with Crippen molar-refractivity contribution in [2.45, 2.75) is 75.9 Å². The lowest BCUT2D eigenvalue weighted by Crippen LogP contribution is -2.17. The van der Waals surface area contributed by atoms with Crippen LogP contribution < -0.4 is 9.47 Å². The van der Waals surface area contributed by atoms with Gasteiger partial charge in [-0.15, -0.1) is 11.8 Å². The van der Waals surface area contributed by atoms with E-state index in [1.165, 1.54) is 28.5 Å². The van der Waals surface area contributed by atoms with Gasteiger partial charge in [-0.1, -0.05) is 68.4 Å². The molecule has 0 bridgehead atoms. The Bertz CT molecular complexity index is 1400. The second-order valence-corrected chi connectivity index (χ2v) is 12.4. The number of thioether (sulfide) groups is 1. The minimum absolute atomic E-state index is 0.275. The molecule has 6 heteroatoms. The summed E-state index contributed by atoms with van der Waals surface area (Å²) in [5.74, 6) is 3.14. The molecular weight excluding hydrogens is 568 g/mol. The Hall–Kier alpha value is -3.74. The molecule has 44 heavy (non-hydrogen) atoms. The molecule has 0 saturated carbocycles. The average Bonchev–Trinajstić information content (AvgIpc) is 3.03. The normalized spacial score (nSPS) is 13.9. The summed E-state index contributed by atoms with van der Waals surface area (Å²) >= 11 is 1.78. The molecule has 1 N–H and O–H groups in total. The lowest BCUT2D eigenvalue weighted by atomic mass is 9.78. The number of hydrogen-bond donors (Lipinski definition) is 1. The topological polar surface area (TPSA) is 65.0 Å². The molecule has 232 valence electrons. The fourth-order valence-corrected chi connectivity index (χ4v) is 6.29. The molecular formula is C38H44O5S. The first-order valence-corrected chi connectivity index (χ1v) is 16.4. The van der Waals surface area contributed by atoms with Gasteiger partial charge in [-0.25, -0.2) is 0 Å². The Morgan fingerprint density at radius 2 is 1.34 bits per heavy atom. The number of hydrogen-bond acceptors (Lipinski definition) is 6. The fraction of sp³-hybridized carbons (Fsp3) is 0.342. The molecule has 4 unspecified atom stereocenters. The monoisotopic (exact) mass is 612 g/mol. The Morgan fingerprint density at radius 3 is 1.98 bits per heavy atom. The van der Waals surface area contributed by atoms with Crippen molar-refractivity contribution in [1.82, 2.24) is 0 Å². The summed E-state index contributed by atoms with van der Waals surface area (Å²) in [6.45, 7) is 8.44. The summed E-state index contributed by atoms with van der Waals surface area (Å²) in [5.41, 5.74) is 3.71. The van der Waals surface area contributed by atoms with Gasteiger partial charge >= 0.3 is 5.97 Å². The number of phenols is 1. The van der Waals surface area contributed by atoms with Crippen molar-refractivity contribution < 1.29 is 24.1 Å². The number of carbonyl (C=O) groups excluding carboxylic acids is 1.